The van der Waals surface area contributed by atoms with Crippen molar-refractivity contribution in [3.05, 3.63) is 35.1 Å². The molecule has 0 aliphatic heterocycles. The summed E-state index contributed by atoms with van der Waals surface area (Å²) in [6, 6.07) is 3.87. The van der Waals surface area contributed by atoms with Crippen molar-refractivity contribution in [2.75, 3.05) is 0 Å². The molecule has 16 heavy (non-hydrogen) atoms. The Kier molecular flexibility index (Phi) is 3.26. The predicted molar refractivity (Wildman–Crippen MR) is 70.6 cm³/mol. The summed E-state index contributed by atoms with van der Waals surface area (Å²) < 4.78 is 0. The van der Waals surface area contributed by atoms with Crippen molar-refractivity contribution in [2.24, 2.45) is 5.73 Å². The largest absolute Gasteiger partial charge is 0.389 e. The molecule has 0 unspecified atom stereocenters. The van der Waals surface area contributed by atoms with E-state index in [0.29, 0.717) is 4.99 Å². The minimum Gasteiger partial charge on any atom is -0.389 e. The van der Waals surface area contributed by atoms with Crippen LogP contribution in [-0.4, -0.2) is 15.0 Å². The van der Waals surface area contributed by atoms with E-state index in [1.165, 1.54) is 11.3 Å². The fourth-order valence-corrected chi connectivity index (χ4v) is 2.64. The number of rotatable bonds is 3. The summed E-state index contributed by atoms with van der Waals surface area (Å²) in [5.74, 6) is 0. The van der Waals surface area contributed by atoms with Crippen LogP contribution in [0.3, 0.4) is 0 Å². The second-order valence-electron chi connectivity index (χ2n) is 3.25. The van der Waals surface area contributed by atoms with Crippen molar-refractivity contribution in [1.29, 1.82) is 0 Å². The summed E-state index contributed by atoms with van der Waals surface area (Å²) in [7, 11) is 0. The molecule has 82 valence electrons. The molecule has 2 aromatic rings. The number of hydrogen-bond donors (Lipinski definition) is 1. The van der Waals surface area contributed by atoms with Crippen LogP contribution in [0.15, 0.2) is 24.5 Å². The van der Waals surface area contributed by atoms with Gasteiger partial charge in [-0.1, -0.05) is 19.1 Å². The quantitative estimate of drug-likeness (QED) is 0.849. The third-order valence-electron chi connectivity index (χ3n) is 2.16. The highest BCUT2D eigenvalue weighted by Crippen LogP contribution is 2.27. The zero-order valence-corrected chi connectivity index (χ0v) is 10.4. The van der Waals surface area contributed by atoms with Gasteiger partial charge in [-0.3, -0.25) is 4.98 Å². The van der Waals surface area contributed by atoms with E-state index in [0.717, 1.165) is 27.6 Å². The number of nitrogens with two attached hydrogens (primary N) is 1. The van der Waals surface area contributed by atoms with E-state index >= 15 is 0 Å². The first-order chi connectivity index (χ1) is 7.72. The maximum absolute atomic E-state index is 5.67. The van der Waals surface area contributed by atoms with Gasteiger partial charge in [0.05, 0.1) is 10.6 Å². The van der Waals surface area contributed by atoms with E-state index in [1.807, 2.05) is 19.1 Å². The van der Waals surface area contributed by atoms with E-state index in [9.17, 15) is 0 Å². The number of thiazole rings is 1. The summed E-state index contributed by atoms with van der Waals surface area (Å²) in [6.07, 6.45) is 4.37. The molecule has 0 bridgehead atoms. The lowest BCUT2D eigenvalue weighted by molar-refractivity contribution is 1.06. The van der Waals surface area contributed by atoms with Gasteiger partial charge in [-0.2, -0.15) is 0 Å². The third kappa shape index (κ3) is 2.10. The molecule has 2 heterocycles. The van der Waals surface area contributed by atoms with Crippen molar-refractivity contribution >= 4 is 28.5 Å². The van der Waals surface area contributed by atoms with E-state index in [4.69, 9.17) is 18.0 Å². The molecule has 2 rings (SSSR count). The van der Waals surface area contributed by atoms with Gasteiger partial charge in [0.2, 0.25) is 0 Å². The lowest BCUT2D eigenvalue weighted by Crippen LogP contribution is -2.09. The molecule has 0 aliphatic rings. The van der Waals surface area contributed by atoms with Crippen LogP contribution in [-0.2, 0) is 6.42 Å². The molecular weight excluding hydrogens is 238 g/mol. The summed E-state index contributed by atoms with van der Waals surface area (Å²) >= 11 is 6.54. The van der Waals surface area contributed by atoms with Crippen LogP contribution in [0.25, 0.3) is 10.6 Å². The average molecular weight is 249 g/mol. The summed E-state index contributed by atoms with van der Waals surface area (Å²) in [4.78, 5) is 9.94. The number of nitrogens with zero attached hydrogens (tertiary/aromatic N) is 2. The molecule has 0 saturated carbocycles. The minimum absolute atomic E-state index is 0.421. The molecule has 5 heteroatoms. The Balaban J connectivity index is 2.48. The molecule has 0 radical (unpaired) electrons. The van der Waals surface area contributed by atoms with Gasteiger partial charge in [0.1, 0.15) is 10.00 Å². The molecule has 0 atom stereocenters. The first kappa shape index (κ1) is 11.2. The average Bonchev–Trinajstić information content (AvgIpc) is 2.74. The molecule has 3 nitrogen and oxygen atoms in total. The summed E-state index contributed by atoms with van der Waals surface area (Å²) in [5.41, 5.74) is 7.64. The lowest BCUT2D eigenvalue weighted by atomic mass is 10.3. The molecule has 2 aromatic heterocycles. The van der Waals surface area contributed by atoms with Crippen molar-refractivity contribution in [2.45, 2.75) is 13.3 Å². The first-order valence-corrected chi connectivity index (χ1v) is 6.14. The predicted octanol–water partition coefficient (Wildman–Crippen LogP) is 2.40. The van der Waals surface area contributed by atoms with Gasteiger partial charge < -0.3 is 5.73 Å². The van der Waals surface area contributed by atoms with Gasteiger partial charge >= 0.3 is 0 Å². The molecule has 0 spiro atoms. The van der Waals surface area contributed by atoms with Crippen LogP contribution in [0.4, 0.5) is 0 Å². The Morgan fingerprint density at radius 2 is 2.38 bits per heavy atom. The van der Waals surface area contributed by atoms with Crippen LogP contribution in [0.5, 0.6) is 0 Å². The highest BCUT2D eigenvalue weighted by Gasteiger charge is 2.12. The van der Waals surface area contributed by atoms with Gasteiger partial charge in [-0.05, 0) is 18.6 Å². The molecule has 2 N–H and O–H groups in total. The van der Waals surface area contributed by atoms with Crippen molar-refractivity contribution in [3.63, 3.8) is 0 Å². The van der Waals surface area contributed by atoms with Gasteiger partial charge in [0.15, 0.2) is 0 Å². The van der Waals surface area contributed by atoms with Gasteiger partial charge in [0.25, 0.3) is 0 Å². The Morgan fingerprint density at radius 3 is 2.88 bits per heavy atom. The summed E-state index contributed by atoms with van der Waals surface area (Å²) in [6.45, 7) is 2.05. The van der Waals surface area contributed by atoms with E-state index < -0.39 is 0 Å². The topological polar surface area (TPSA) is 51.8 Å². The fourth-order valence-electron chi connectivity index (χ4n) is 1.40. The molecule has 0 aromatic carbocycles. The van der Waals surface area contributed by atoms with Crippen LogP contribution in [0, 0.1) is 0 Å². The highest BCUT2D eigenvalue weighted by atomic mass is 32.1. The van der Waals surface area contributed by atoms with E-state index in [-0.39, 0.29) is 0 Å². The second kappa shape index (κ2) is 4.67. The van der Waals surface area contributed by atoms with Crippen molar-refractivity contribution < 1.29 is 0 Å². The fraction of sp³-hybridized carbons (Fsp3) is 0.182. The minimum atomic E-state index is 0.421. The zero-order chi connectivity index (χ0) is 11.5. The Bertz CT molecular complexity index is 505. The third-order valence-corrected chi connectivity index (χ3v) is 3.68. The van der Waals surface area contributed by atoms with Crippen molar-refractivity contribution in [1.82, 2.24) is 9.97 Å². The first-order valence-electron chi connectivity index (χ1n) is 4.92. The van der Waals surface area contributed by atoms with Crippen LogP contribution in [0.2, 0.25) is 0 Å². The monoisotopic (exact) mass is 249 g/mol. The van der Waals surface area contributed by atoms with Crippen LogP contribution in [0.1, 0.15) is 17.5 Å². The maximum atomic E-state index is 5.67. The SMILES string of the molecule is CCc1nc(-c2cccnc2)sc1C(N)=S. The Hall–Kier alpha value is -1.33. The number of aromatic nitrogens is 2. The molecule has 0 aliphatic carbocycles. The molecular formula is C11H11N3S2. The lowest BCUT2D eigenvalue weighted by Gasteiger charge is -1.93. The van der Waals surface area contributed by atoms with Gasteiger partial charge in [0, 0.05) is 18.0 Å². The molecule has 0 fully saturated rings. The zero-order valence-electron chi connectivity index (χ0n) is 8.80. The molecule has 0 saturated heterocycles. The molecule has 0 amide bonds. The van der Waals surface area contributed by atoms with Crippen LogP contribution < -0.4 is 5.73 Å². The van der Waals surface area contributed by atoms with E-state index in [2.05, 4.69) is 9.97 Å². The number of thiocarbonyl (C=S) groups is 1. The van der Waals surface area contributed by atoms with Crippen LogP contribution >= 0.6 is 23.6 Å². The maximum Gasteiger partial charge on any atom is 0.125 e. The normalized spacial score (nSPS) is 10.3. The van der Waals surface area contributed by atoms with Gasteiger partial charge in [-0.25, -0.2) is 4.98 Å². The second-order valence-corrected chi connectivity index (χ2v) is 4.69. The number of aryl methyl sites for hydroxylation is 1. The van der Waals surface area contributed by atoms with Gasteiger partial charge in [-0.15, -0.1) is 11.3 Å². The summed E-state index contributed by atoms with van der Waals surface area (Å²) in [5, 5.41) is 0.924. The Labute approximate surface area is 103 Å². The van der Waals surface area contributed by atoms with E-state index in [1.54, 1.807) is 12.4 Å². The highest BCUT2D eigenvalue weighted by molar-refractivity contribution is 7.81. The standard InChI is InChI=1S/C11H11N3S2/c1-2-8-9(10(12)15)16-11(14-8)7-4-3-5-13-6-7/h3-6H,2H2,1H3,(H2,12,15). The Morgan fingerprint density at radius 1 is 1.56 bits per heavy atom. The number of hydrogen-bond acceptors (Lipinski definition) is 4. The smallest absolute Gasteiger partial charge is 0.125 e. The number of pyridine rings is 1. The van der Waals surface area contributed by atoms with Crippen molar-refractivity contribution in [3.8, 4) is 10.6 Å².